The van der Waals surface area contributed by atoms with E-state index in [9.17, 15) is 4.79 Å². The second-order valence-corrected chi connectivity index (χ2v) is 8.78. The van der Waals surface area contributed by atoms with E-state index in [0.717, 1.165) is 24.3 Å². The summed E-state index contributed by atoms with van der Waals surface area (Å²) >= 11 is 6.36. The Kier molecular flexibility index (Phi) is 8.49. The zero-order valence-electron chi connectivity index (χ0n) is 19.7. The van der Waals surface area contributed by atoms with Gasteiger partial charge in [0.1, 0.15) is 5.82 Å². The highest BCUT2D eigenvalue weighted by molar-refractivity contribution is 6.34. The molecule has 1 atom stereocenters. The summed E-state index contributed by atoms with van der Waals surface area (Å²) in [5.74, 6) is 0.481. The van der Waals surface area contributed by atoms with Crippen molar-refractivity contribution in [3.63, 3.8) is 0 Å². The van der Waals surface area contributed by atoms with E-state index in [-0.39, 0.29) is 11.9 Å². The first kappa shape index (κ1) is 24.5. The molecule has 0 fully saturated rings. The second-order valence-electron chi connectivity index (χ2n) is 8.38. The number of hydrogen-bond donors (Lipinski definition) is 3. The molecule has 0 aliphatic carbocycles. The van der Waals surface area contributed by atoms with Crippen LogP contribution in [0.15, 0.2) is 97.2 Å². The average molecular weight is 485 g/mol. The SMILES string of the molecule is CC(NCc1ccc(Cl)c(NC(=O)c2ccc(NCCc3ccccc3)nc2)c1)c1ccccc1. The highest BCUT2D eigenvalue weighted by Crippen LogP contribution is 2.24. The van der Waals surface area contributed by atoms with E-state index < -0.39 is 0 Å². The molecule has 3 aromatic carbocycles. The van der Waals surface area contributed by atoms with Gasteiger partial charge in [-0.25, -0.2) is 4.98 Å². The highest BCUT2D eigenvalue weighted by atomic mass is 35.5. The van der Waals surface area contributed by atoms with Gasteiger partial charge >= 0.3 is 0 Å². The molecule has 178 valence electrons. The van der Waals surface area contributed by atoms with Crippen LogP contribution >= 0.6 is 11.6 Å². The Morgan fingerprint density at radius 2 is 1.66 bits per heavy atom. The molecule has 1 unspecified atom stereocenters. The maximum atomic E-state index is 12.8. The van der Waals surface area contributed by atoms with Crippen LogP contribution in [0.2, 0.25) is 5.02 Å². The predicted molar refractivity (Wildman–Crippen MR) is 144 cm³/mol. The molecule has 1 heterocycles. The van der Waals surface area contributed by atoms with Crippen molar-refractivity contribution in [1.29, 1.82) is 0 Å². The first-order chi connectivity index (χ1) is 17.1. The van der Waals surface area contributed by atoms with Gasteiger partial charge in [0.05, 0.1) is 16.3 Å². The molecule has 0 spiro atoms. The number of carbonyl (C=O) groups is 1. The van der Waals surface area contributed by atoms with Crippen molar-refractivity contribution in [2.75, 3.05) is 17.2 Å². The van der Waals surface area contributed by atoms with Gasteiger partial charge in [-0.3, -0.25) is 4.79 Å². The third kappa shape index (κ3) is 7.15. The molecular weight excluding hydrogens is 456 g/mol. The van der Waals surface area contributed by atoms with E-state index in [4.69, 9.17) is 11.6 Å². The largest absolute Gasteiger partial charge is 0.370 e. The number of halogens is 1. The molecule has 1 amide bonds. The van der Waals surface area contributed by atoms with Gasteiger partial charge in [0.25, 0.3) is 5.91 Å². The van der Waals surface area contributed by atoms with Gasteiger partial charge in [-0.15, -0.1) is 0 Å². The van der Waals surface area contributed by atoms with Crippen LogP contribution in [0.5, 0.6) is 0 Å². The van der Waals surface area contributed by atoms with E-state index in [1.165, 1.54) is 11.1 Å². The van der Waals surface area contributed by atoms with Gasteiger partial charge < -0.3 is 16.0 Å². The number of hydrogen-bond acceptors (Lipinski definition) is 4. The fraction of sp³-hybridized carbons (Fsp3) is 0.172. The van der Waals surface area contributed by atoms with Crippen LogP contribution in [-0.4, -0.2) is 17.4 Å². The van der Waals surface area contributed by atoms with Crippen molar-refractivity contribution in [3.8, 4) is 0 Å². The molecule has 0 aliphatic rings. The number of anilines is 2. The van der Waals surface area contributed by atoms with Gasteiger partial charge in [0.2, 0.25) is 0 Å². The van der Waals surface area contributed by atoms with Crippen molar-refractivity contribution in [3.05, 3.63) is 124 Å². The van der Waals surface area contributed by atoms with E-state index in [0.29, 0.717) is 22.8 Å². The van der Waals surface area contributed by atoms with Crippen molar-refractivity contribution < 1.29 is 4.79 Å². The first-order valence-electron chi connectivity index (χ1n) is 11.7. The van der Waals surface area contributed by atoms with E-state index in [1.54, 1.807) is 18.3 Å². The number of aromatic nitrogens is 1. The summed E-state index contributed by atoms with van der Waals surface area (Å²) in [5, 5.41) is 10.2. The van der Waals surface area contributed by atoms with Crippen LogP contribution in [0.3, 0.4) is 0 Å². The number of amides is 1. The Morgan fingerprint density at radius 3 is 2.37 bits per heavy atom. The van der Waals surface area contributed by atoms with E-state index in [1.807, 2.05) is 54.6 Å². The minimum atomic E-state index is -0.252. The minimum absolute atomic E-state index is 0.204. The van der Waals surface area contributed by atoms with Crippen LogP contribution in [-0.2, 0) is 13.0 Å². The summed E-state index contributed by atoms with van der Waals surface area (Å²) in [4.78, 5) is 17.2. The van der Waals surface area contributed by atoms with Gasteiger partial charge in [-0.1, -0.05) is 78.3 Å². The Hall–Kier alpha value is -3.67. The molecule has 0 radical (unpaired) electrons. The van der Waals surface area contributed by atoms with E-state index >= 15 is 0 Å². The van der Waals surface area contributed by atoms with Crippen LogP contribution in [0.1, 0.15) is 40.0 Å². The molecule has 0 saturated carbocycles. The molecule has 4 rings (SSSR count). The summed E-state index contributed by atoms with van der Waals surface area (Å²) in [6.45, 7) is 3.55. The molecule has 0 bridgehead atoms. The fourth-order valence-electron chi connectivity index (χ4n) is 3.72. The lowest BCUT2D eigenvalue weighted by Gasteiger charge is -2.15. The summed E-state index contributed by atoms with van der Waals surface area (Å²) in [5.41, 5.74) is 4.56. The summed E-state index contributed by atoms with van der Waals surface area (Å²) in [6.07, 6.45) is 2.47. The maximum Gasteiger partial charge on any atom is 0.257 e. The summed E-state index contributed by atoms with van der Waals surface area (Å²) in [7, 11) is 0. The Morgan fingerprint density at radius 1 is 0.914 bits per heavy atom. The van der Waals surface area contributed by atoms with Gasteiger partial charge in [0.15, 0.2) is 0 Å². The van der Waals surface area contributed by atoms with Crippen molar-refractivity contribution >= 4 is 29.0 Å². The lowest BCUT2D eigenvalue weighted by atomic mass is 10.1. The highest BCUT2D eigenvalue weighted by Gasteiger charge is 2.11. The molecular formula is C29H29ClN4O. The number of rotatable bonds is 10. The van der Waals surface area contributed by atoms with Crippen molar-refractivity contribution in [1.82, 2.24) is 10.3 Å². The van der Waals surface area contributed by atoms with Crippen LogP contribution < -0.4 is 16.0 Å². The number of benzene rings is 3. The molecule has 3 N–H and O–H groups in total. The molecule has 35 heavy (non-hydrogen) atoms. The maximum absolute atomic E-state index is 12.8. The number of pyridine rings is 1. The second kappa shape index (κ2) is 12.2. The number of nitrogens with zero attached hydrogens (tertiary/aromatic N) is 1. The van der Waals surface area contributed by atoms with Crippen LogP contribution in [0, 0.1) is 0 Å². The predicted octanol–water partition coefficient (Wildman–Crippen LogP) is 6.49. The molecule has 6 heteroatoms. The Balaban J connectivity index is 1.31. The van der Waals surface area contributed by atoms with Gasteiger partial charge in [-0.2, -0.15) is 0 Å². The summed E-state index contributed by atoms with van der Waals surface area (Å²) < 4.78 is 0. The van der Waals surface area contributed by atoms with Gasteiger partial charge in [0, 0.05) is 25.3 Å². The zero-order valence-corrected chi connectivity index (χ0v) is 20.4. The standard InChI is InChI=1S/C29H29ClN4O/c1-21(24-10-6-3-7-11-24)32-19-23-12-14-26(30)27(18-23)34-29(35)25-13-15-28(33-20-25)31-17-16-22-8-4-2-5-9-22/h2-15,18,20-21,32H,16-17,19H2,1H3,(H,31,33)(H,34,35). The molecule has 0 aliphatic heterocycles. The minimum Gasteiger partial charge on any atom is -0.370 e. The number of carbonyl (C=O) groups excluding carboxylic acids is 1. The third-order valence-corrected chi connectivity index (χ3v) is 6.11. The first-order valence-corrected chi connectivity index (χ1v) is 12.1. The summed E-state index contributed by atoms with van der Waals surface area (Å²) in [6, 6.07) is 30.0. The number of nitrogens with one attached hydrogen (secondary N) is 3. The Labute approximate surface area is 211 Å². The van der Waals surface area contributed by atoms with Crippen LogP contribution in [0.4, 0.5) is 11.5 Å². The monoisotopic (exact) mass is 484 g/mol. The fourth-order valence-corrected chi connectivity index (χ4v) is 3.88. The van der Waals surface area contributed by atoms with Crippen LogP contribution in [0.25, 0.3) is 0 Å². The lowest BCUT2D eigenvalue weighted by Crippen LogP contribution is -2.18. The third-order valence-electron chi connectivity index (χ3n) is 5.78. The molecule has 1 aromatic heterocycles. The normalized spacial score (nSPS) is 11.6. The molecule has 0 saturated heterocycles. The van der Waals surface area contributed by atoms with E-state index in [2.05, 4.69) is 52.1 Å². The molecule has 4 aromatic rings. The Bertz CT molecular complexity index is 1230. The topological polar surface area (TPSA) is 66.0 Å². The molecule has 5 nitrogen and oxygen atoms in total. The average Bonchev–Trinajstić information content (AvgIpc) is 2.90. The van der Waals surface area contributed by atoms with Crippen molar-refractivity contribution in [2.45, 2.75) is 25.9 Å². The zero-order chi connectivity index (χ0) is 24.5. The quantitative estimate of drug-likeness (QED) is 0.240. The van der Waals surface area contributed by atoms with Crippen molar-refractivity contribution in [2.24, 2.45) is 0 Å². The lowest BCUT2D eigenvalue weighted by molar-refractivity contribution is 0.102. The smallest absolute Gasteiger partial charge is 0.257 e. The van der Waals surface area contributed by atoms with Gasteiger partial charge in [-0.05, 0) is 54.3 Å².